The minimum atomic E-state index is 0.988. The van der Waals surface area contributed by atoms with Gasteiger partial charge in [0.25, 0.3) is 0 Å². The molecular weight excluding hydrogens is 280 g/mol. The van der Waals surface area contributed by atoms with Crippen molar-refractivity contribution in [3.05, 3.63) is 78.4 Å². The molecule has 4 rings (SSSR count). The number of nitrogens with zero attached hydrogens (tertiary/aromatic N) is 2. The van der Waals surface area contributed by atoms with E-state index in [2.05, 4.69) is 66.4 Å². The first-order valence-corrected chi connectivity index (χ1v) is 7.67. The maximum Gasteiger partial charge on any atom is 0.335 e. The van der Waals surface area contributed by atoms with Crippen LogP contribution in [0.25, 0.3) is 21.5 Å². The van der Waals surface area contributed by atoms with Crippen molar-refractivity contribution < 1.29 is 4.57 Å². The highest BCUT2D eigenvalue weighted by molar-refractivity contribution is 6.04. The molecule has 0 radical (unpaired) electrons. The maximum atomic E-state index is 3.42. The predicted octanol–water partition coefficient (Wildman–Crippen LogP) is 3.56. The molecule has 0 bridgehead atoms. The molecular formula is C21H17N2+. The Kier molecular flexibility index (Phi) is 3.13. The van der Waals surface area contributed by atoms with Gasteiger partial charge in [-0.1, -0.05) is 54.5 Å². The lowest BCUT2D eigenvalue weighted by Gasteiger charge is -2.06. The molecule has 0 unspecified atom stereocenters. The standard InChI is InChI=1S/C21H17N2/c1-22-13-14-23(2)21(22)12-11-20-18-9-5-3-7-16(18)15-17-8-4-6-10-19(17)20/h3-10,13-15H,1-2H3/q+1. The van der Waals surface area contributed by atoms with Crippen molar-refractivity contribution in [2.45, 2.75) is 0 Å². The molecule has 4 aromatic rings. The summed E-state index contributed by atoms with van der Waals surface area (Å²) in [6.07, 6.45) is 4.04. The Hall–Kier alpha value is -3.05. The van der Waals surface area contributed by atoms with E-state index in [0.29, 0.717) is 0 Å². The van der Waals surface area contributed by atoms with Crippen LogP contribution in [-0.4, -0.2) is 4.57 Å². The van der Waals surface area contributed by atoms with Crippen molar-refractivity contribution in [1.82, 2.24) is 4.57 Å². The van der Waals surface area contributed by atoms with Crippen LogP contribution in [0.3, 0.4) is 0 Å². The third kappa shape index (κ3) is 2.27. The van der Waals surface area contributed by atoms with E-state index < -0.39 is 0 Å². The Bertz CT molecular complexity index is 1020. The largest absolute Gasteiger partial charge is 0.335 e. The van der Waals surface area contributed by atoms with Gasteiger partial charge in [-0.2, -0.15) is 0 Å². The molecule has 0 atom stereocenters. The summed E-state index contributed by atoms with van der Waals surface area (Å²) in [6.45, 7) is 0. The van der Waals surface area contributed by atoms with Gasteiger partial charge in [0, 0.05) is 11.5 Å². The lowest BCUT2D eigenvalue weighted by atomic mass is 9.97. The third-order valence-electron chi connectivity index (χ3n) is 4.25. The fraction of sp³-hybridized carbons (Fsp3) is 0.0952. The summed E-state index contributed by atoms with van der Waals surface area (Å²) in [4.78, 5) is 0. The Morgan fingerprint density at radius 2 is 1.48 bits per heavy atom. The lowest BCUT2D eigenvalue weighted by molar-refractivity contribution is -0.673. The highest BCUT2D eigenvalue weighted by atomic mass is 15.1. The molecule has 0 aliphatic heterocycles. The van der Waals surface area contributed by atoms with Crippen molar-refractivity contribution in [3.63, 3.8) is 0 Å². The number of aromatic nitrogens is 2. The fourth-order valence-electron chi connectivity index (χ4n) is 3.03. The number of hydrogen-bond acceptors (Lipinski definition) is 0. The Morgan fingerprint density at radius 1 is 0.870 bits per heavy atom. The molecule has 2 heteroatoms. The average Bonchev–Trinajstić information content (AvgIpc) is 2.90. The number of hydrogen-bond donors (Lipinski definition) is 0. The zero-order valence-electron chi connectivity index (χ0n) is 13.2. The van der Waals surface area contributed by atoms with Gasteiger partial charge in [0.05, 0.1) is 14.1 Å². The SMILES string of the molecule is Cn1cc[n+](C)c1C#Cc1c2ccccc2cc2ccccc12. The Morgan fingerprint density at radius 3 is 2.04 bits per heavy atom. The van der Waals surface area contributed by atoms with Crippen LogP contribution in [-0.2, 0) is 14.1 Å². The van der Waals surface area contributed by atoms with Crippen LogP contribution in [0.2, 0.25) is 0 Å². The molecule has 3 aromatic carbocycles. The summed E-state index contributed by atoms with van der Waals surface area (Å²) in [5, 5.41) is 4.87. The minimum Gasteiger partial charge on any atom is -0.226 e. The zero-order chi connectivity index (χ0) is 15.8. The topological polar surface area (TPSA) is 8.81 Å². The van der Waals surface area contributed by atoms with Crippen molar-refractivity contribution >= 4 is 21.5 Å². The molecule has 0 spiro atoms. The summed E-state index contributed by atoms with van der Waals surface area (Å²) < 4.78 is 4.08. The summed E-state index contributed by atoms with van der Waals surface area (Å²) in [5.74, 6) is 7.75. The van der Waals surface area contributed by atoms with Crippen LogP contribution in [0.1, 0.15) is 11.4 Å². The second-order valence-corrected chi connectivity index (χ2v) is 5.79. The predicted molar refractivity (Wildman–Crippen MR) is 94.0 cm³/mol. The van der Waals surface area contributed by atoms with Gasteiger partial charge in [0.1, 0.15) is 12.4 Å². The van der Waals surface area contributed by atoms with E-state index >= 15 is 0 Å². The van der Waals surface area contributed by atoms with Gasteiger partial charge in [-0.15, -0.1) is 0 Å². The van der Waals surface area contributed by atoms with Crippen LogP contribution in [0.5, 0.6) is 0 Å². The van der Waals surface area contributed by atoms with Crippen molar-refractivity contribution in [1.29, 1.82) is 0 Å². The summed E-state index contributed by atoms with van der Waals surface area (Å²) in [5.41, 5.74) is 1.10. The molecule has 110 valence electrons. The molecule has 0 N–H and O–H groups in total. The van der Waals surface area contributed by atoms with Crippen LogP contribution in [0.4, 0.5) is 0 Å². The molecule has 23 heavy (non-hydrogen) atoms. The van der Waals surface area contributed by atoms with Crippen molar-refractivity contribution in [2.24, 2.45) is 14.1 Å². The smallest absolute Gasteiger partial charge is 0.226 e. The Labute approximate surface area is 135 Å². The van der Waals surface area contributed by atoms with E-state index in [1.807, 2.05) is 35.6 Å². The van der Waals surface area contributed by atoms with Gasteiger partial charge in [-0.25, -0.2) is 9.13 Å². The van der Waals surface area contributed by atoms with E-state index in [4.69, 9.17) is 0 Å². The van der Waals surface area contributed by atoms with Crippen LogP contribution >= 0.6 is 0 Å². The van der Waals surface area contributed by atoms with E-state index in [1.54, 1.807) is 0 Å². The zero-order valence-corrected chi connectivity index (χ0v) is 13.2. The number of rotatable bonds is 0. The van der Waals surface area contributed by atoms with Crippen LogP contribution in [0, 0.1) is 11.8 Å². The number of benzene rings is 3. The summed E-state index contributed by atoms with van der Waals surface area (Å²) in [6, 6.07) is 19.1. The minimum absolute atomic E-state index is 0.988. The molecule has 1 aromatic heterocycles. The molecule has 0 amide bonds. The van der Waals surface area contributed by atoms with Crippen molar-refractivity contribution in [2.75, 3.05) is 0 Å². The molecule has 1 heterocycles. The van der Waals surface area contributed by atoms with Gasteiger partial charge in [-0.3, -0.25) is 0 Å². The third-order valence-corrected chi connectivity index (χ3v) is 4.25. The number of aryl methyl sites for hydroxylation is 2. The number of fused-ring (bicyclic) bond motifs is 2. The molecule has 0 aliphatic carbocycles. The second-order valence-electron chi connectivity index (χ2n) is 5.79. The summed E-state index contributed by atoms with van der Waals surface area (Å²) in [7, 11) is 4.04. The van der Waals surface area contributed by atoms with E-state index in [0.717, 1.165) is 11.4 Å². The fourth-order valence-corrected chi connectivity index (χ4v) is 3.03. The van der Waals surface area contributed by atoms with E-state index in [9.17, 15) is 0 Å². The van der Waals surface area contributed by atoms with E-state index in [-0.39, 0.29) is 0 Å². The molecule has 2 nitrogen and oxygen atoms in total. The molecule has 0 aliphatic rings. The summed E-state index contributed by atoms with van der Waals surface area (Å²) >= 11 is 0. The van der Waals surface area contributed by atoms with Crippen LogP contribution < -0.4 is 4.57 Å². The van der Waals surface area contributed by atoms with Crippen molar-refractivity contribution in [3.8, 4) is 11.8 Å². The van der Waals surface area contributed by atoms with Gasteiger partial charge in [0.2, 0.25) is 0 Å². The normalized spacial score (nSPS) is 10.7. The molecule has 0 saturated carbocycles. The quantitative estimate of drug-likeness (QED) is 0.267. The number of imidazole rings is 1. The Balaban J connectivity index is 2.05. The maximum absolute atomic E-state index is 3.42. The average molecular weight is 297 g/mol. The molecule has 0 saturated heterocycles. The first-order valence-electron chi connectivity index (χ1n) is 7.67. The first kappa shape index (κ1) is 13.6. The van der Waals surface area contributed by atoms with E-state index in [1.165, 1.54) is 21.5 Å². The lowest BCUT2D eigenvalue weighted by Crippen LogP contribution is -2.30. The van der Waals surface area contributed by atoms with Gasteiger partial charge >= 0.3 is 5.82 Å². The first-order chi connectivity index (χ1) is 11.2. The van der Waals surface area contributed by atoms with Gasteiger partial charge in [-0.05, 0) is 27.6 Å². The molecule has 0 fully saturated rings. The second kappa shape index (κ2) is 5.30. The van der Waals surface area contributed by atoms with Gasteiger partial charge in [0.15, 0.2) is 0 Å². The van der Waals surface area contributed by atoms with Gasteiger partial charge < -0.3 is 0 Å². The highest BCUT2D eigenvalue weighted by Gasteiger charge is 2.09. The highest BCUT2D eigenvalue weighted by Crippen LogP contribution is 2.27. The monoisotopic (exact) mass is 297 g/mol. The van der Waals surface area contributed by atoms with Crippen LogP contribution in [0.15, 0.2) is 67.0 Å².